The van der Waals surface area contributed by atoms with Crippen LogP contribution in [0, 0.1) is 0 Å². The fraction of sp³-hybridized carbons (Fsp3) is 0.105. The number of hydrogen-bond acceptors (Lipinski definition) is 2. The first kappa shape index (κ1) is 16.1. The minimum atomic E-state index is 0.0442. The highest BCUT2D eigenvalue weighted by Crippen LogP contribution is 2.26. The van der Waals surface area contributed by atoms with Crippen LogP contribution in [0.25, 0.3) is 10.8 Å². The maximum absolute atomic E-state index is 12.1. The van der Waals surface area contributed by atoms with Crippen molar-refractivity contribution in [3.8, 4) is 0 Å². The van der Waals surface area contributed by atoms with Gasteiger partial charge in [0.25, 0.3) is 0 Å². The first-order valence-electron chi connectivity index (χ1n) is 7.38. The first-order valence-corrected chi connectivity index (χ1v) is 9.16. The highest BCUT2D eigenvalue weighted by Gasteiger charge is 2.05. The van der Waals surface area contributed by atoms with Gasteiger partial charge in [-0.2, -0.15) is 0 Å². The van der Waals surface area contributed by atoms with E-state index in [2.05, 4.69) is 33.4 Å². The van der Waals surface area contributed by atoms with Gasteiger partial charge in [0.1, 0.15) is 0 Å². The molecular weight excluding hydrogens is 370 g/mol. The van der Waals surface area contributed by atoms with Crippen LogP contribution in [-0.4, -0.2) is 11.7 Å². The molecule has 0 heterocycles. The molecule has 0 aliphatic heterocycles. The summed E-state index contributed by atoms with van der Waals surface area (Å²) in [7, 11) is 0. The zero-order valence-corrected chi connectivity index (χ0v) is 14.9. The largest absolute Gasteiger partial charge is 0.326 e. The number of nitrogens with one attached hydrogen (secondary N) is 1. The molecule has 0 spiro atoms. The van der Waals surface area contributed by atoms with Gasteiger partial charge >= 0.3 is 0 Å². The van der Waals surface area contributed by atoms with Crippen molar-refractivity contribution < 1.29 is 4.79 Å². The molecule has 0 bridgehead atoms. The van der Waals surface area contributed by atoms with Gasteiger partial charge in [-0.15, -0.1) is 11.8 Å². The molecule has 2 nitrogen and oxygen atoms in total. The Morgan fingerprint density at radius 3 is 2.65 bits per heavy atom. The van der Waals surface area contributed by atoms with Gasteiger partial charge in [-0.25, -0.2) is 0 Å². The first-order chi connectivity index (χ1) is 11.2. The number of anilines is 1. The van der Waals surface area contributed by atoms with Crippen molar-refractivity contribution >= 4 is 50.1 Å². The van der Waals surface area contributed by atoms with Gasteiger partial charge in [0.15, 0.2) is 0 Å². The molecule has 0 saturated heterocycles. The maximum atomic E-state index is 12.1. The minimum Gasteiger partial charge on any atom is -0.326 e. The predicted octanol–water partition coefficient (Wildman–Crippen LogP) is 5.72. The topological polar surface area (TPSA) is 29.1 Å². The fourth-order valence-electron chi connectivity index (χ4n) is 2.32. The van der Waals surface area contributed by atoms with Crippen molar-refractivity contribution in [1.29, 1.82) is 0 Å². The van der Waals surface area contributed by atoms with E-state index in [1.807, 2.05) is 54.6 Å². The summed E-state index contributed by atoms with van der Waals surface area (Å²) >= 11 is 5.24. The molecule has 3 rings (SSSR count). The van der Waals surface area contributed by atoms with Crippen molar-refractivity contribution in [1.82, 2.24) is 0 Å². The number of thioether (sulfide) groups is 1. The number of carbonyl (C=O) groups is 1. The monoisotopic (exact) mass is 385 g/mol. The number of amides is 1. The molecule has 0 saturated carbocycles. The number of halogens is 1. The number of rotatable bonds is 5. The molecular formula is C19H16BrNOS. The molecule has 4 heteroatoms. The number of carbonyl (C=O) groups excluding carboxylic acids is 1. The summed E-state index contributed by atoms with van der Waals surface area (Å²) in [5.41, 5.74) is 0.838. The Hall–Kier alpha value is -1.78. The third kappa shape index (κ3) is 4.36. The van der Waals surface area contributed by atoms with E-state index in [-0.39, 0.29) is 5.91 Å². The Bertz CT molecular complexity index is 820. The lowest BCUT2D eigenvalue weighted by atomic mass is 10.1. The Morgan fingerprint density at radius 2 is 1.83 bits per heavy atom. The van der Waals surface area contributed by atoms with E-state index < -0.39 is 0 Å². The Balaban J connectivity index is 1.57. The van der Waals surface area contributed by atoms with Crippen LogP contribution in [0.2, 0.25) is 0 Å². The highest BCUT2D eigenvalue weighted by atomic mass is 79.9. The van der Waals surface area contributed by atoms with Gasteiger partial charge in [-0.3, -0.25) is 4.79 Å². The average Bonchev–Trinajstić information content (AvgIpc) is 2.56. The van der Waals surface area contributed by atoms with Crippen LogP contribution in [0.3, 0.4) is 0 Å². The molecule has 0 aliphatic carbocycles. The van der Waals surface area contributed by atoms with Crippen LogP contribution in [0.1, 0.15) is 6.42 Å². The molecule has 1 N–H and O–H groups in total. The second-order valence-electron chi connectivity index (χ2n) is 5.14. The van der Waals surface area contributed by atoms with E-state index in [0.717, 1.165) is 26.7 Å². The van der Waals surface area contributed by atoms with Gasteiger partial charge in [0.2, 0.25) is 5.91 Å². The van der Waals surface area contributed by atoms with Gasteiger partial charge in [0, 0.05) is 27.2 Å². The molecule has 1 amide bonds. The average molecular weight is 386 g/mol. The molecule has 3 aromatic carbocycles. The SMILES string of the molecule is O=C(CCSc1ccccc1)Nc1ccc2c(Br)cccc2c1. The Labute approximate surface area is 148 Å². The lowest BCUT2D eigenvalue weighted by Crippen LogP contribution is -2.12. The molecule has 3 aromatic rings. The normalized spacial score (nSPS) is 10.7. The van der Waals surface area contributed by atoms with E-state index >= 15 is 0 Å². The van der Waals surface area contributed by atoms with Gasteiger partial charge in [-0.1, -0.05) is 52.3 Å². The van der Waals surface area contributed by atoms with E-state index in [4.69, 9.17) is 0 Å². The molecule has 0 aliphatic rings. The zero-order chi connectivity index (χ0) is 16.1. The van der Waals surface area contributed by atoms with Gasteiger partial charge in [-0.05, 0) is 41.1 Å². The van der Waals surface area contributed by atoms with E-state index in [1.165, 1.54) is 4.90 Å². The van der Waals surface area contributed by atoms with Crippen LogP contribution in [0.15, 0.2) is 76.1 Å². The third-order valence-corrected chi connectivity index (χ3v) is 5.16. The highest BCUT2D eigenvalue weighted by molar-refractivity contribution is 9.10. The van der Waals surface area contributed by atoms with E-state index in [1.54, 1.807) is 11.8 Å². The minimum absolute atomic E-state index is 0.0442. The number of fused-ring (bicyclic) bond motifs is 1. The lowest BCUT2D eigenvalue weighted by molar-refractivity contribution is -0.115. The standard InChI is InChI=1S/C19H16BrNOS/c20-18-8-4-5-14-13-15(9-10-17(14)18)21-19(22)11-12-23-16-6-2-1-3-7-16/h1-10,13H,11-12H2,(H,21,22). The summed E-state index contributed by atoms with van der Waals surface area (Å²) in [6.07, 6.45) is 0.496. The Morgan fingerprint density at radius 1 is 1.00 bits per heavy atom. The maximum Gasteiger partial charge on any atom is 0.225 e. The van der Waals surface area contributed by atoms with Crippen LogP contribution in [-0.2, 0) is 4.79 Å². The molecule has 116 valence electrons. The van der Waals surface area contributed by atoms with Crippen molar-refractivity contribution in [3.05, 3.63) is 71.2 Å². The van der Waals surface area contributed by atoms with E-state index in [9.17, 15) is 4.79 Å². The second kappa shape index (κ2) is 7.66. The smallest absolute Gasteiger partial charge is 0.225 e. The second-order valence-corrected chi connectivity index (χ2v) is 7.16. The zero-order valence-electron chi connectivity index (χ0n) is 12.5. The molecule has 0 atom stereocenters. The summed E-state index contributed by atoms with van der Waals surface area (Å²) in [5.74, 6) is 0.817. The molecule has 0 fully saturated rings. The van der Waals surface area contributed by atoms with Gasteiger partial charge in [0.05, 0.1) is 0 Å². The van der Waals surface area contributed by atoms with Crippen LogP contribution < -0.4 is 5.32 Å². The van der Waals surface area contributed by atoms with Crippen molar-refractivity contribution in [2.75, 3.05) is 11.1 Å². The number of hydrogen-bond donors (Lipinski definition) is 1. The summed E-state index contributed by atoms with van der Waals surface area (Å²) in [6, 6.07) is 22.1. The quantitative estimate of drug-likeness (QED) is 0.568. The molecule has 23 heavy (non-hydrogen) atoms. The van der Waals surface area contributed by atoms with Crippen molar-refractivity contribution in [2.24, 2.45) is 0 Å². The fourth-order valence-corrected chi connectivity index (χ4v) is 3.71. The lowest BCUT2D eigenvalue weighted by Gasteiger charge is -2.07. The van der Waals surface area contributed by atoms with Gasteiger partial charge < -0.3 is 5.32 Å². The summed E-state index contributed by atoms with van der Waals surface area (Å²) < 4.78 is 1.06. The van der Waals surface area contributed by atoms with Crippen molar-refractivity contribution in [3.63, 3.8) is 0 Å². The molecule has 0 aromatic heterocycles. The summed E-state index contributed by atoms with van der Waals surface area (Å²) in [6.45, 7) is 0. The summed E-state index contributed by atoms with van der Waals surface area (Å²) in [4.78, 5) is 13.3. The third-order valence-electron chi connectivity index (χ3n) is 3.45. The van der Waals surface area contributed by atoms with Crippen LogP contribution >= 0.6 is 27.7 Å². The van der Waals surface area contributed by atoms with Crippen molar-refractivity contribution in [2.45, 2.75) is 11.3 Å². The van der Waals surface area contributed by atoms with Crippen LogP contribution in [0.5, 0.6) is 0 Å². The molecule has 0 radical (unpaired) electrons. The molecule has 0 unspecified atom stereocenters. The Kier molecular flexibility index (Phi) is 5.36. The predicted molar refractivity (Wildman–Crippen MR) is 102 cm³/mol. The van der Waals surface area contributed by atoms with Crippen LogP contribution in [0.4, 0.5) is 5.69 Å². The number of benzene rings is 3. The summed E-state index contributed by atoms with van der Waals surface area (Å²) in [5, 5.41) is 5.22. The van der Waals surface area contributed by atoms with E-state index in [0.29, 0.717) is 6.42 Å².